The van der Waals surface area contributed by atoms with Crippen LogP contribution < -0.4 is 0 Å². The van der Waals surface area contributed by atoms with Gasteiger partial charge in [-0.2, -0.15) is 0 Å². The average molecular weight is 511 g/mol. The van der Waals surface area contributed by atoms with Crippen LogP contribution in [0, 0.1) is 17.7 Å². The largest absolute Gasteiger partial charge is 0.480 e. The first kappa shape index (κ1) is 24.1. The van der Waals surface area contributed by atoms with Gasteiger partial charge in [0.15, 0.2) is 4.96 Å². The Morgan fingerprint density at radius 3 is 2.75 bits per heavy atom. The van der Waals surface area contributed by atoms with E-state index in [2.05, 4.69) is 30.8 Å². The van der Waals surface area contributed by atoms with E-state index in [1.54, 1.807) is 23.5 Å². The molecule has 2 saturated heterocycles. The zero-order chi connectivity index (χ0) is 24.6. The number of likely N-dealkylation sites (tertiary alicyclic amines) is 2. The van der Waals surface area contributed by atoms with Crippen molar-refractivity contribution in [3.8, 4) is 0 Å². The molecule has 1 aromatic carbocycles. The molecule has 8 heteroatoms. The Hall–Kier alpha value is -2.29. The van der Waals surface area contributed by atoms with Crippen LogP contribution in [0.15, 0.2) is 42.0 Å². The number of carboxylic acid groups (broad SMARTS) is 1. The summed E-state index contributed by atoms with van der Waals surface area (Å²) < 4.78 is 16.4. The van der Waals surface area contributed by atoms with Crippen molar-refractivity contribution in [2.75, 3.05) is 32.7 Å². The number of carbonyl (C=O) groups is 1. The number of carboxylic acids is 1. The summed E-state index contributed by atoms with van der Waals surface area (Å²) in [6.45, 7) is 4.45. The molecule has 3 unspecified atom stereocenters. The molecule has 0 bridgehead atoms. The van der Waals surface area contributed by atoms with E-state index in [9.17, 15) is 14.3 Å². The highest BCUT2D eigenvalue weighted by atomic mass is 32.1. The fraction of sp³-hybridized carbons (Fsp3) is 0.571. The van der Waals surface area contributed by atoms with Crippen molar-refractivity contribution < 1.29 is 14.3 Å². The van der Waals surface area contributed by atoms with Crippen molar-refractivity contribution in [1.82, 2.24) is 19.2 Å². The molecule has 3 atom stereocenters. The van der Waals surface area contributed by atoms with Gasteiger partial charge in [0.2, 0.25) is 0 Å². The quantitative estimate of drug-likeness (QED) is 0.458. The summed E-state index contributed by atoms with van der Waals surface area (Å²) in [5, 5.41) is 12.2. The molecule has 4 heterocycles. The van der Waals surface area contributed by atoms with Crippen LogP contribution in [0.1, 0.15) is 61.6 Å². The number of imidazole rings is 1. The SMILES string of the molecule is O=C(O)C(CC1CCC1)N1CC(CN2CCC(c3cnc4sccn34)CC2)C(c2cccc(F)c2)C1. The van der Waals surface area contributed by atoms with E-state index < -0.39 is 12.0 Å². The molecule has 36 heavy (non-hydrogen) atoms. The number of nitrogens with zero attached hydrogens (tertiary/aromatic N) is 4. The highest BCUT2D eigenvalue weighted by Gasteiger charge is 2.41. The third-order valence-electron chi connectivity index (χ3n) is 8.93. The summed E-state index contributed by atoms with van der Waals surface area (Å²) in [5.41, 5.74) is 2.32. The van der Waals surface area contributed by atoms with Crippen LogP contribution in [0.25, 0.3) is 4.96 Å². The van der Waals surface area contributed by atoms with Crippen LogP contribution in [-0.4, -0.2) is 69.0 Å². The van der Waals surface area contributed by atoms with Crippen LogP contribution in [-0.2, 0) is 4.79 Å². The van der Waals surface area contributed by atoms with Gasteiger partial charge in [0, 0.05) is 48.7 Å². The molecule has 1 aliphatic carbocycles. The van der Waals surface area contributed by atoms with Gasteiger partial charge in [0.05, 0.1) is 6.20 Å². The van der Waals surface area contributed by atoms with Gasteiger partial charge in [0.1, 0.15) is 11.9 Å². The number of rotatable bonds is 8. The first-order valence-corrected chi connectivity index (χ1v) is 14.3. The lowest BCUT2D eigenvalue weighted by Gasteiger charge is -2.35. The van der Waals surface area contributed by atoms with E-state index in [1.807, 2.05) is 12.3 Å². The third-order valence-corrected chi connectivity index (χ3v) is 9.70. The van der Waals surface area contributed by atoms with Gasteiger partial charge >= 0.3 is 5.97 Å². The van der Waals surface area contributed by atoms with Gasteiger partial charge in [-0.3, -0.25) is 14.1 Å². The maximum absolute atomic E-state index is 14.2. The molecule has 0 amide bonds. The van der Waals surface area contributed by atoms with Gasteiger partial charge < -0.3 is 10.0 Å². The maximum Gasteiger partial charge on any atom is 0.320 e. The fourth-order valence-corrected chi connectivity index (χ4v) is 7.40. The lowest BCUT2D eigenvalue weighted by molar-refractivity contribution is -0.144. The Morgan fingerprint density at radius 2 is 2.03 bits per heavy atom. The molecule has 1 N–H and O–H groups in total. The predicted octanol–water partition coefficient (Wildman–Crippen LogP) is 5.07. The minimum atomic E-state index is -0.707. The second-order valence-electron chi connectivity index (χ2n) is 11.1. The molecule has 2 aromatic heterocycles. The van der Waals surface area contributed by atoms with E-state index in [1.165, 1.54) is 18.2 Å². The van der Waals surface area contributed by atoms with E-state index >= 15 is 0 Å². The number of halogens is 1. The van der Waals surface area contributed by atoms with Gasteiger partial charge in [-0.15, -0.1) is 11.3 Å². The lowest BCUT2D eigenvalue weighted by Crippen LogP contribution is -2.43. The van der Waals surface area contributed by atoms with Crippen molar-refractivity contribution >= 4 is 22.3 Å². The molecule has 3 aromatic rings. The van der Waals surface area contributed by atoms with Crippen molar-refractivity contribution in [2.45, 2.75) is 56.4 Å². The molecule has 192 valence electrons. The maximum atomic E-state index is 14.2. The Bertz CT molecular complexity index is 1200. The Balaban J connectivity index is 1.15. The monoisotopic (exact) mass is 510 g/mol. The predicted molar refractivity (Wildman–Crippen MR) is 139 cm³/mol. The minimum Gasteiger partial charge on any atom is -0.480 e. The fourth-order valence-electron chi connectivity index (χ4n) is 6.70. The topological polar surface area (TPSA) is 61.1 Å². The molecule has 6 rings (SSSR count). The molecule has 6 nitrogen and oxygen atoms in total. The minimum absolute atomic E-state index is 0.155. The van der Waals surface area contributed by atoms with Crippen molar-refractivity contribution in [2.24, 2.45) is 11.8 Å². The summed E-state index contributed by atoms with van der Waals surface area (Å²) >= 11 is 1.67. The molecule has 1 saturated carbocycles. The molecule has 3 fully saturated rings. The number of hydrogen-bond donors (Lipinski definition) is 1. The number of piperidine rings is 1. The third kappa shape index (κ3) is 4.83. The Kier molecular flexibility index (Phi) is 6.84. The summed E-state index contributed by atoms with van der Waals surface area (Å²) in [7, 11) is 0. The van der Waals surface area contributed by atoms with Crippen LogP contribution in [0.3, 0.4) is 0 Å². The average Bonchev–Trinajstić information content (AvgIpc) is 3.55. The highest BCUT2D eigenvalue weighted by Crippen LogP contribution is 2.39. The summed E-state index contributed by atoms with van der Waals surface area (Å²) in [6, 6.07) is 6.52. The first-order chi connectivity index (χ1) is 17.5. The van der Waals surface area contributed by atoms with Crippen molar-refractivity contribution in [3.05, 3.63) is 59.1 Å². The number of hydrogen-bond acceptors (Lipinski definition) is 5. The van der Waals surface area contributed by atoms with E-state index in [4.69, 9.17) is 0 Å². The van der Waals surface area contributed by atoms with Gasteiger partial charge in [-0.25, -0.2) is 9.37 Å². The van der Waals surface area contributed by atoms with Gasteiger partial charge in [-0.05, 0) is 61.9 Å². The number of aromatic nitrogens is 2. The normalized spacial score (nSPS) is 25.4. The standard InChI is InChI=1S/C28H35FN4O2S/c29-23-6-2-5-21(14-23)24-18-32(25(27(34)35)13-19-3-1-4-19)17-22(24)16-31-9-7-20(8-10-31)26-15-30-28-33(26)11-12-36-28/h2,5-6,11-12,14-15,19-20,22,24-25H,1,3-4,7-10,13,16-18H2,(H,34,35). The number of thiazole rings is 1. The highest BCUT2D eigenvalue weighted by molar-refractivity contribution is 7.15. The van der Waals surface area contributed by atoms with Crippen molar-refractivity contribution in [1.29, 1.82) is 0 Å². The summed E-state index contributed by atoms with van der Waals surface area (Å²) in [6.07, 6.45) is 10.6. The Labute approximate surface area is 215 Å². The summed E-state index contributed by atoms with van der Waals surface area (Å²) in [4.78, 5) is 22.6. The zero-order valence-electron chi connectivity index (χ0n) is 20.6. The first-order valence-electron chi connectivity index (χ1n) is 13.4. The lowest BCUT2D eigenvalue weighted by atomic mass is 9.80. The molecule has 0 spiro atoms. The van der Waals surface area contributed by atoms with E-state index in [-0.39, 0.29) is 11.7 Å². The van der Waals surface area contributed by atoms with E-state index in [0.29, 0.717) is 24.3 Å². The second kappa shape index (κ2) is 10.2. The Morgan fingerprint density at radius 1 is 1.19 bits per heavy atom. The molecular formula is C28H35FN4O2S. The van der Waals surface area contributed by atoms with Crippen LogP contribution in [0.5, 0.6) is 0 Å². The number of benzene rings is 1. The van der Waals surface area contributed by atoms with Crippen molar-refractivity contribution in [3.63, 3.8) is 0 Å². The van der Waals surface area contributed by atoms with Gasteiger partial charge in [-0.1, -0.05) is 31.4 Å². The van der Waals surface area contributed by atoms with Crippen LogP contribution >= 0.6 is 11.3 Å². The number of aliphatic carboxylic acids is 1. The number of fused-ring (bicyclic) bond motifs is 1. The van der Waals surface area contributed by atoms with Crippen LogP contribution in [0.2, 0.25) is 0 Å². The second-order valence-corrected chi connectivity index (χ2v) is 11.9. The van der Waals surface area contributed by atoms with E-state index in [0.717, 1.165) is 68.8 Å². The zero-order valence-corrected chi connectivity index (χ0v) is 21.5. The van der Waals surface area contributed by atoms with Gasteiger partial charge in [0.25, 0.3) is 0 Å². The molecular weight excluding hydrogens is 475 g/mol. The molecule has 0 radical (unpaired) electrons. The molecule has 3 aliphatic rings. The van der Waals surface area contributed by atoms with Crippen LogP contribution in [0.4, 0.5) is 4.39 Å². The molecule has 2 aliphatic heterocycles. The smallest absolute Gasteiger partial charge is 0.320 e. The summed E-state index contributed by atoms with van der Waals surface area (Å²) in [5.74, 6) is 0.586.